The standard InChI is InChI=1S/CH4N6/c1-2-3-4-7-5-6(1)7/h1,3-5H. The Labute approximate surface area is 37.7 Å². The number of H-pyrrole nitrogens is 3. The van der Waals surface area contributed by atoms with Crippen LogP contribution in [0.25, 0.3) is 0 Å². The Balaban J connectivity index is 2.92. The lowest BCUT2D eigenvalue weighted by Crippen LogP contribution is -1.90. The van der Waals surface area contributed by atoms with Crippen LogP contribution < -0.4 is 0 Å². The lowest BCUT2D eigenvalue weighted by molar-refractivity contribution is 0.672. The predicted octanol–water partition coefficient (Wildman–Crippen LogP) is -1.02. The predicted molar refractivity (Wildman–Crippen MR) is 20.5 cm³/mol. The molecule has 0 atom stereocenters. The van der Waals surface area contributed by atoms with Crippen LogP contribution in [0.15, 0.2) is 6.33 Å². The van der Waals surface area contributed by atoms with E-state index < -0.39 is 0 Å². The van der Waals surface area contributed by atoms with Crippen LogP contribution in [-0.4, -0.2) is 30.1 Å². The summed E-state index contributed by atoms with van der Waals surface area (Å²) in [6.07, 6.45) is 1.61. The number of fused-ring (bicyclic) bond motifs is 1. The highest BCUT2D eigenvalue weighted by atomic mass is 15.9. The molecule has 2 heterocycles. The van der Waals surface area contributed by atoms with Gasteiger partial charge in [0.1, 0.15) is 0 Å². The number of nitrogens with one attached hydrogen (secondary N) is 3. The van der Waals surface area contributed by atoms with Crippen molar-refractivity contribution >= 4 is 0 Å². The third kappa shape index (κ3) is 0.244. The van der Waals surface area contributed by atoms with Crippen LogP contribution in [0, 0.1) is 0 Å². The highest BCUT2D eigenvalue weighted by Crippen LogP contribution is 1.71. The van der Waals surface area contributed by atoms with Gasteiger partial charge in [0.05, 0.1) is 0 Å². The van der Waals surface area contributed by atoms with Crippen LogP contribution in [0.4, 0.5) is 0 Å². The molecule has 0 aliphatic carbocycles. The molecule has 7 heavy (non-hydrogen) atoms. The molecule has 0 saturated heterocycles. The Morgan fingerprint density at radius 3 is 3.14 bits per heavy atom. The summed E-state index contributed by atoms with van der Waals surface area (Å²) in [4.78, 5) is 0. The Morgan fingerprint density at radius 2 is 2.57 bits per heavy atom. The first-order chi connectivity index (χ1) is 3.47. The summed E-state index contributed by atoms with van der Waals surface area (Å²) in [6, 6.07) is 0. The molecular formula is CH4N6. The van der Waals surface area contributed by atoms with Crippen molar-refractivity contribution in [2.45, 2.75) is 0 Å². The second-order valence-electron chi connectivity index (χ2n) is 1.22. The third-order valence-corrected chi connectivity index (χ3v) is 0.761. The van der Waals surface area contributed by atoms with Crippen molar-refractivity contribution in [3.63, 3.8) is 0 Å². The zero-order valence-electron chi connectivity index (χ0n) is 3.42. The van der Waals surface area contributed by atoms with Gasteiger partial charge in [0.25, 0.3) is 0 Å². The highest BCUT2D eigenvalue weighted by Gasteiger charge is 1.87. The van der Waals surface area contributed by atoms with E-state index in [2.05, 4.69) is 20.7 Å². The third-order valence-electron chi connectivity index (χ3n) is 0.761. The number of aromatic nitrogens is 6. The summed E-state index contributed by atoms with van der Waals surface area (Å²) < 4.78 is 3.31. The summed E-state index contributed by atoms with van der Waals surface area (Å²) in [7, 11) is 0. The molecule has 0 saturated carbocycles. The molecule has 0 spiro atoms. The number of rotatable bonds is 0. The van der Waals surface area contributed by atoms with E-state index in [4.69, 9.17) is 0 Å². The van der Waals surface area contributed by atoms with Gasteiger partial charge in [0.15, 0.2) is 6.33 Å². The number of nitrogens with zero attached hydrogens (tertiary/aromatic N) is 3. The van der Waals surface area contributed by atoms with Crippen molar-refractivity contribution in [3.05, 3.63) is 6.33 Å². The quantitative estimate of drug-likeness (QED) is 0.389. The van der Waals surface area contributed by atoms with Gasteiger partial charge in [-0.3, -0.25) is 0 Å². The van der Waals surface area contributed by atoms with E-state index in [1.165, 1.54) is 0 Å². The van der Waals surface area contributed by atoms with Crippen molar-refractivity contribution in [1.82, 2.24) is 30.1 Å². The Morgan fingerprint density at radius 1 is 1.57 bits per heavy atom. The lowest BCUT2D eigenvalue weighted by atomic mass is 11.4. The van der Waals surface area contributed by atoms with Crippen LogP contribution in [0.5, 0.6) is 0 Å². The average molecular weight is 100 g/mol. The van der Waals surface area contributed by atoms with Gasteiger partial charge in [-0.1, -0.05) is 4.74 Å². The molecule has 3 N–H and O–H groups in total. The monoisotopic (exact) mass is 100 g/mol. The minimum absolute atomic E-state index is 1.61. The molecule has 6 heteroatoms. The first kappa shape index (κ1) is 2.78. The fraction of sp³-hybridized carbons (Fsp3) is 0. The minimum Gasteiger partial charge on any atom is -0.202 e. The maximum Gasteiger partial charge on any atom is 0.160 e. The van der Waals surface area contributed by atoms with Gasteiger partial charge in [-0.15, -0.1) is 9.73 Å². The fourth-order valence-corrected chi connectivity index (χ4v) is 0.393. The van der Waals surface area contributed by atoms with Crippen molar-refractivity contribution in [1.29, 1.82) is 0 Å². The second-order valence-corrected chi connectivity index (χ2v) is 1.22. The second kappa shape index (κ2) is 0.673. The molecule has 0 radical (unpaired) electrons. The van der Waals surface area contributed by atoms with E-state index in [9.17, 15) is 0 Å². The van der Waals surface area contributed by atoms with E-state index in [0.717, 1.165) is 0 Å². The first-order valence-corrected chi connectivity index (χ1v) is 1.86. The number of hydrogen-bond acceptors (Lipinski definition) is 1. The van der Waals surface area contributed by atoms with Gasteiger partial charge in [0, 0.05) is 0 Å². The first-order valence-electron chi connectivity index (χ1n) is 1.86. The molecule has 0 fully saturated rings. The fourth-order valence-electron chi connectivity index (χ4n) is 0.393. The molecule has 2 aromatic rings. The molecule has 38 valence electrons. The molecule has 0 unspecified atom stereocenters. The van der Waals surface area contributed by atoms with E-state index in [0.29, 0.717) is 0 Å². The molecule has 6 nitrogen and oxygen atoms in total. The Kier molecular flexibility index (Phi) is 0.267. The molecule has 0 bridgehead atoms. The molecular weight excluding hydrogens is 96.1 g/mol. The van der Waals surface area contributed by atoms with Crippen LogP contribution in [0.2, 0.25) is 0 Å². The van der Waals surface area contributed by atoms with Gasteiger partial charge < -0.3 is 0 Å². The molecule has 0 aliphatic heterocycles. The van der Waals surface area contributed by atoms with Gasteiger partial charge in [-0.2, -0.15) is 10.4 Å². The molecule has 0 aromatic carbocycles. The van der Waals surface area contributed by atoms with Gasteiger partial charge in [0.2, 0.25) is 0 Å². The summed E-state index contributed by atoms with van der Waals surface area (Å²) in [5.41, 5.74) is 0. The lowest BCUT2D eigenvalue weighted by Gasteiger charge is -1.74. The van der Waals surface area contributed by atoms with Crippen molar-refractivity contribution in [2.24, 2.45) is 0 Å². The number of aromatic amines is 3. The zero-order chi connectivity index (χ0) is 4.69. The number of hydrogen-bond donors (Lipinski definition) is 3. The van der Waals surface area contributed by atoms with Gasteiger partial charge >= 0.3 is 0 Å². The molecule has 0 amide bonds. The molecule has 0 aliphatic rings. The SMILES string of the molecule is c1n[nH][nH]n2[nH]n12. The van der Waals surface area contributed by atoms with Crippen molar-refractivity contribution < 1.29 is 0 Å². The molecule has 2 rings (SSSR count). The largest absolute Gasteiger partial charge is 0.202 e. The summed E-state index contributed by atoms with van der Waals surface area (Å²) in [5.74, 6) is 0. The average Bonchev–Trinajstić information content (AvgIpc) is 2.41. The normalized spacial score (nSPS) is 10.9. The minimum atomic E-state index is 1.61. The molecule has 2 aromatic heterocycles. The van der Waals surface area contributed by atoms with Crippen LogP contribution in [0.1, 0.15) is 0 Å². The summed E-state index contributed by atoms with van der Waals surface area (Å²) in [6.45, 7) is 0. The van der Waals surface area contributed by atoms with E-state index in [1.54, 1.807) is 15.7 Å². The zero-order valence-corrected chi connectivity index (χ0v) is 3.42. The van der Waals surface area contributed by atoms with Gasteiger partial charge in [-0.25, -0.2) is 5.21 Å². The summed E-state index contributed by atoms with van der Waals surface area (Å²) in [5, 5.41) is 11.6. The van der Waals surface area contributed by atoms with Crippen LogP contribution in [-0.2, 0) is 0 Å². The topological polar surface area (TPSA) is 69.1 Å². The summed E-state index contributed by atoms with van der Waals surface area (Å²) >= 11 is 0. The van der Waals surface area contributed by atoms with E-state index >= 15 is 0 Å². The Bertz CT molecular complexity index is 221. The van der Waals surface area contributed by atoms with Crippen LogP contribution >= 0.6 is 0 Å². The van der Waals surface area contributed by atoms with Crippen molar-refractivity contribution in [2.75, 3.05) is 0 Å². The maximum atomic E-state index is 3.64. The van der Waals surface area contributed by atoms with Crippen LogP contribution in [0.3, 0.4) is 0 Å². The smallest absolute Gasteiger partial charge is 0.160 e. The maximum absolute atomic E-state index is 3.64. The van der Waals surface area contributed by atoms with E-state index in [1.807, 2.05) is 0 Å². The Hall–Kier alpha value is -1.33. The van der Waals surface area contributed by atoms with Gasteiger partial charge in [-0.05, 0) is 0 Å². The van der Waals surface area contributed by atoms with Crippen molar-refractivity contribution in [3.8, 4) is 0 Å². The van der Waals surface area contributed by atoms with E-state index in [-0.39, 0.29) is 0 Å². The highest BCUT2D eigenvalue weighted by molar-refractivity contribution is 4.40.